The van der Waals surface area contributed by atoms with Gasteiger partial charge in [-0.1, -0.05) is 0 Å². The van der Waals surface area contributed by atoms with Crippen molar-refractivity contribution in [3.63, 3.8) is 0 Å². The van der Waals surface area contributed by atoms with Crippen molar-refractivity contribution in [2.75, 3.05) is 16.9 Å². The number of hydrogen-bond donors (Lipinski definition) is 2. The third-order valence-corrected chi connectivity index (χ3v) is 3.70. The zero-order valence-corrected chi connectivity index (χ0v) is 10.6. The molecule has 1 unspecified atom stereocenters. The fraction of sp³-hybridized carbons (Fsp3) is 0.333. The molecule has 1 heterocycles. The maximum Gasteiger partial charge on any atom is 0.242 e. The van der Waals surface area contributed by atoms with Crippen LogP contribution in [0.15, 0.2) is 12.1 Å². The summed E-state index contributed by atoms with van der Waals surface area (Å²) in [6.45, 7) is 1.57. The lowest BCUT2D eigenvalue weighted by molar-refractivity contribution is -0.117. The minimum absolute atomic E-state index is 0.196. The number of nitrogens with zero attached hydrogens (tertiary/aromatic N) is 1. The maximum absolute atomic E-state index is 13.5. The Hall–Kier alpha value is -1.58. The van der Waals surface area contributed by atoms with Gasteiger partial charge in [0.25, 0.3) is 0 Å². The smallest absolute Gasteiger partial charge is 0.242 e. The van der Waals surface area contributed by atoms with Gasteiger partial charge < -0.3 is 5.32 Å². The molecule has 1 atom stereocenters. The second kappa shape index (κ2) is 5.38. The molecule has 0 aliphatic carbocycles. The molecule has 94 valence electrons. The molecule has 0 saturated carbocycles. The van der Waals surface area contributed by atoms with Crippen LogP contribution in [0.1, 0.15) is 11.1 Å². The topological polar surface area (TPSA) is 64.9 Å². The van der Waals surface area contributed by atoms with Crippen molar-refractivity contribution in [1.29, 1.82) is 5.26 Å². The molecule has 18 heavy (non-hydrogen) atoms. The molecule has 1 aliphatic heterocycles. The molecule has 1 fully saturated rings. The van der Waals surface area contributed by atoms with Crippen LogP contribution in [-0.4, -0.2) is 23.6 Å². The van der Waals surface area contributed by atoms with E-state index >= 15 is 0 Å². The first-order valence-corrected chi connectivity index (χ1v) is 6.59. The first-order chi connectivity index (χ1) is 8.61. The molecule has 2 N–H and O–H groups in total. The molecule has 0 spiro atoms. The fourth-order valence-electron chi connectivity index (χ4n) is 1.66. The van der Waals surface area contributed by atoms with Crippen molar-refractivity contribution in [2.24, 2.45) is 0 Å². The van der Waals surface area contributed by atoms with Crippen LogP contribution in [-0.2, 0) is 4.79 Å². The first-order valence-electron chi connectivity index (χ1n) is 5.44. The number of carbonyl (C=O) groups is 1. The summed E-state index contributed by atoms with van der Waals surface area (Å²) >= 11 is 1.64. The van der Waals surface area contributed by atoms with Gasteiger partial charge in [-0.3, -0.25) is 10.1 Å². The summed E-state index contributed by atoms with van der Waals surface area (Å²) in [5.74, 6) is 0.755. The van der Waals surface area contributed by atoms with Gasteiger partial charge in [0, 0.05) is 22.9 Å². The Morgan fingerprint density at radius 2 is 2.44 bits per heavy atom. The van der Waals surface area contributed by atoms with E-state index in [0.29, 0.717) is 17.0 Å². The standard InChI is InChI=1S/C12H12FN3OS/c1-7-9(13)2-8(4-14)3-10(7)16-12(17)11-5-18-6-15-11/h2-3,11,15H,5-6H2,1H3,(H,16,17). The molecule has 1 aromatic rings. The van der Waals surface area contributed by atoms with Gasteiger partial charge in [-0.2, -0.15) is 5.26 Å². The highest BCUT2D eigenvalue weighted by molar-refractivity contribution is 7.99. The molecule has 0 aromatic heterocycles. The molecular weight excluding hydrogens is 253 g/mol. The first kappa shape index (κ1) is 12.9. The average Bonchev–Trinajstić information content (AvgIpc) is 2.88. The highest BCUT2D eigenvalue weighted by atomic mass is 32.2. The van der Waals surface area contributed by atoms with E-state index in [1.165, 1.54) is 6.07 Å². The molecule has 1 saturated heterocycles. The van der Waals surface area contributed by atoms with Gasteiger partial charge in [-0.05, 0) is 19.1 Å². The Morgan fingerprint density at radius 3 is 3.06 bits per heavy atom. The maximum atomic E-state index is 13.5. The van der Waals surface area contributed by atoms with Crippen LogP contribution in [0.25, 0.3) is 0 Å². The Kier molecular flexibility index (Phi) is 3.84. The highest BCUT2D eigenvalue weighted by Crippen LogP contribution is 2.21. The van der Waals surface area contributed by atoms with Crippen molar-refractivity contribution in [1.82, 2.24) is 5.32 Å². The third-order valence-electron chi connectivity index (χ3n) is 2.76. The van der Waals surface area contributed by atoms with Crippen LogP contribution in [0.4, 0.5) is 10.1 Å². The largest absolute Gasteiger partial charge is 0.324 e. The number of benzene rings is 1. The molecule has 1 amide bonds. The van der Waals surface area contributed by atoms with Crippen LogP contribution < -0.4 is 10.6 Å². The van der Waals surface area contributed by atoms with Gasteiger partial charge in [-0.15, -0.1) is 11.8 Å². The zero-order chi connectivity index (χ0) is 13.1. The summed E-state index contributed by atoms with van der Waals surface area (Å²) in [5, 5.41) is 14.5. The second-order valence-corrected chi connectivity index (χ2v) is 5.03. The summed E-state index contributed by atoms with van der Waals surface area (Å²) < 4.78 is 13.5. The van der Waals surface area contributed by atoms with Gasteiger partial charge in [-0.25, -0.2) is 4.39 Å². The van der Waals surface area contributed by atoms with Gasteiger partial charge in [0.1, 0.15) is 5.82 Å². The number of nitriles is 1. The number of nitrogens with one attached hydrogen (secondary N) is 2. The molecule has 4 nitrogen and oxygen atoms in total. The monoisotopic (exact) mass is 265 g/mol. The van der Waals surface area contributed by atoms with Crippen molar-refractivity contribution in [3.05, 3.63) is 29.1 Å². The number of rotatable bonds is 2. The Balaban J connectivity index is 2.20. The molecular formula is C12H12FN3OS. The van der Waals surface area contributed by atoms with Crippen LogP contribution in [0.3, 0.4) is 0 Å². The van der Waals surface area contributed by atoms with Crippen LogP contribution in [0.5, 0.6) is 0 Å². The van der Waals surface area contributed by atoms with Crippen molar-refractivity contribution >= 4 is 23.4 Å². The van der Waals surface area contributed by atoms with Gasteiger partial charge in [0.15, 0.2) is 0 Å². The van der Waals surface area contributed by atoms with E-state index in [1.807, 2.05) is 6.07 Å². The number of carbonyl (C=O) groups excluding carboxylic acids is 1. The molecule has 1 aliphatic rings. The second-order valence-electron chi connectivity index (χ2n) is 4.00. The molecule has 0 bridgehead atoms. The predicted molar refractivity (Wildman–Crippen MR) is 68.7 cm³/mol. The predicted octanol–water partition coefficient (Wildman–Crippen LogP) is 1.61. The summed E-state index contributed by atoms with van der Waals surface area (Å²) in [4.78, 5) is 11.9. The summed E-state index contributed by atoms with van der Waals surface area (Å²) in [7, 11) is 0. The van der Waals surface area contributed by atoms with E-state index in [4.69, 9.17) is 5.26 Å². The molecule has 0 radical (unpaired) electrons. The van der Waals surface area contributed by atoms with Gasteiger partial charge >= 0.3 is 0 Å². The number of halogens is 1. The number of thioether (sulfide) groups is 1. The molecule has 6 heteroatoms. The van der Waals surface area contributed by atoms with Crippen molar-refractivity contribution < 1.29 is 9.18 Å². The van der Waals surface area contributed by atoms with E-state index in [-0.39, 0.29) is 17.5 Å². The summed E-state index contributed by atoms with van der Waals surface area (Å²) in [5.41, 5.74) is 0.894. The lowest BCUT2D eigenvalue weighted by atomic mass is 10.1. The summed E-state index contributed by atoms with van der Waals surface area (Å²) in [6.07, 6.45) is 0. The van der Waals surface area contributed by atoms with E-state index < -0.39 is 5.82 Å². The third kappa shape index (κ3) is 2.63. The van der Waals surface area contributed by atoms with E-state index in [0.717, 1.165) is 11.9 Å². The molecule has 2 rings (SSSR count). The van der Waals surface area contributed by atoms with E-state index in [1.54, 1.807) is 18.7 Å². The van der Waals surface area contributed by atoms with Gasteiger partial charge in [0.05, 0.1) is 17.7 Å². The lowest BCUT2D eigenvalue weighted by Gasteiger charge is -2.13. The minimum atomic E-state index is -0.488. The van der Waals surface area contributed by atoms with Gasteiger partial charge in [0.2, 0.25) is 5.91 Å². The van der Waals surface area contributed by atoms with Crippen LogP contribution >= 0.6 is 11.8 Å². The van der Waals surface area contributed by atoms with Crippen molar-refractivity contribution in [2.45, 2.75) is 13.0 Å². The SMILES string of the molecule is Cc1c(F)cc(C#N)cc1NC(=O)C1CSCN1. The number of anilines is 1. The van der Waals surface area contributed by atoms with E-state index in [9.17, 15) is 9.18 Å². The fourth-order valence-corrected chi connectivity index (χ4v) is 2.60. The Labute approximate surface area is 109 Å². The highest BCUT2D eigenvalue weighted by Gasteiger charge is 2.23. The zero-order valence-electron chi connectivity index (χ0n) is 9.79. The average molecular weight is 265 g/mol. The Bertz CT molecular complexity index is 521. The lowest BCUT2D eigenvalue weighted by Crippen LogP contribution is -2.37. The minimum Gasteiger partial charge on any atom is -0.324 e. The van der Waals surface area contributed by atoms with Crippen LogP contribution in [0, 0.1) is 24.1 Å². The normalized spacial score (nSPS) is 18.4. The van der Waals surface area contributed by atoms with E-state index in [2.05, 4.69) is 10.6 Å². The Morgan fingerprint density at radius 1 is 1.67 bits per heavy atom. The quantitative estimate of drug-likeness (QED) is 0.852. The summed E-state index contributed by atoms with van der Waals surface area (Å²) in [6, 6.07) is 4.25. The number of hydrogen-bond acceptors (Lipinski definition) is 4. The van der Waals surface area contributed by atoms with Crippen molar-refractivity contribution in [3.8, 4) is 6.07 Å². The molecule has 1 aromatic carbocycles. The van der Waals surface area contributed by atoms with Crippen LogP contribution in [0.2, 0.25) is 0 Å². The number of amides is 1.